The molecule has 0 saturated carbocycles. The van der Waals surface area contributed by atoms with E-state index in [1.165, 1.54) is 0 Å². The molecule has 0 fully saturated rings. The lowest BCUT2D eigenvalue weighted by Gasteiger charge is -2.23. The smallest absolute Gasteiger partial charge is 0.251 e. The molecule has 0 radical (unpaired) electrons. The van der Waals surface area contributed by atoms with Crippen molar-refractivity contribution in [3.05, 3.63) is 72.4 Å². The summed E-state index contributed by atoms with van der Waals surface area (Å²) in [5, 5.41) is 6.71. The Morgan fingerprint density at radius 2 is 1.74 bits per heavy atom. The molecule has 5 heteroatoms. The molecule has 2 aromatic carbocycles. The largest absolute Gasteiger partial charge is 0.340 e. The van der Waals surface area contributed by atoms with Gasteiger partial charge in [-0.25, -0.2) is 0 Å². The molecular formula is C22H23N3O2. The van der Waals surface area contributed by atoms with Crippen molar-refractivity contribution in [3.63, 3.8) is 0 Å². The first-order valence-electron chi connectivity index (χ1n) is 9.10. The van der Waals surface area contributed by atoms with Gasteiger partial charge in [0.15, 0.2) is 0 Å². The van der Waals surface area contributed by atoms with Gasteiger partial charge in [0.05, 0.1) is 17.4 Å². The summed E-state index contributed by atoms with van der Waals surface area (Å²) >= 11 is 0. The second-order valence-corrected chi connectivity index (χ2v) is 6.61. The lowest BCUT2D eigenvalue weighted by atomic mass is 9.97. The first-order valence-corrected chi connectivity index (χ1v) is 9.10. The zero-order valence-electron chi connectivity index (χ0n) is 15.5. The van der Waals surface area contributed by atoms with Crippen molar-refractivity contribution >= 4 is 28.4 Å². The normalized spacial score (nSPS) is 13.0. The molecule has 0 spiro atoms. The van der Waals surface area contributed by atoms with E-state index in [9.17, 15) is 9.59 Å². The van der Waals surface area contributed by atoms with Gasteiger partial charge in [-0.2, -0.15) is 0 Å². The lowest BCUT2D eigenvalue weighted by Crippen LogP contribution is -2.47. The standard InChI is InChI=1S/C22H23N3O2/c1-3-15(2)20(25-21(26)16-9-5-4-6-10-16)22(27)24-18-13-17-11-7-8-12-19(17)23-14-18/h4-15,20H,3H2,1-2H3,(H,24,27)(H,25,26). The van der Waals surface area contributed by atoms with Gasteiger partial charge in [0.25, 0.3) is 5.91 Å². The number of aromatic nitrogens is 1. The van der Waals surface area contributed by atoms with Crippen molar-refractivity contribution in [2.24, 2.45) is 5.92 Å². The number of anilines is 1. The minimum Gasteiger partial charge on any atom is -0.340 e. The zero-order chi connectivity index (χ0) is 19.2. The van der Waals surface area contributed by atoms with E-state index in [1.807, 2.05) is 50.2 Å². The molecule has 0 aliphatic heterocycles. The van der Waals surface area contributed by atoms with Crippen LogP contribution in [0.5, 0.6) is 0 Å². The fourth-order valence-corrected chi connectivity index (χ4v) is 2.88. The molecule has 1 heterocycles. The second kappa shape index (κ2) is 8.45. The lowest BCUT2D eigenvalue weighted by molar-refractivity contribution is -0.119. The molecule has 2 atom stereocenters. The topological polar surface area (TPSA) is 71.1 Å². The third-order valence-electron chi connectivity index (χ3n) is 4.68. The highest BCUT2D eigenvalue weighted by Crippen LogP contribution is 2.17. The maximum Gasteiger partial charge on any atom is 0.251 e. The number of amides is 2. The van der Waals surface area contributed by atoms with Crippen molar-refractivity contribution in [3.8, 4) is 0 Å². The van der Waals surface area contributed by atoms with Gasteiger partial charge in [-0.05, 0) is 30.2 Å². The molecular weight excluding hydrogens is 338 g/mol. The van der Waals surface area contributed by atoms with Crippen LogP contribution in [0.1, 0.15) is 30.6 Å². The molecule has 5 nitrogen and oxygen atoms in total. The monoisotopic (exact) mass is 361 g/mol. The number of carbonyl (C=O) groups is 2. The fraction of sp³-hybridized carbons (Fsp3) is 0.227. The zero-order valence-corrected chi connectivity index (χ0v) is 15.5. The van der Waals surface area contributed by atoms with Crippen LogP contribution < -0.4 is 10.6 Å². The number of hydrogen-bond donors (Lipinski definition) is 2. The van der Waals surface area contributed by atoms with Crippen LogP contribution >= 0.6 is 0 Å². The summed E-state index contributed by atoms with van der Waals surface area (Å²) in [5.74, 6) is -0.510. The highest BCUT2D eigenvalue weighted by molar-refractivity contribution is 6.01. The molecule has 138 valence electrons. The highest BCUT2D eigenvalue weighted by Gasteiger charge is 2.26. The Kier molecular flexibility index (Phi) is 5.81. The summed E-state index contributed by atoms with van der Waals surface area (Å²) in [6.07, 6.45) is 2.40. The van der Waals surface area contributed by atoms with Crippen molar-refractivity contribution < 1.29 is 9.59 Å². The van der Waals surface area contributed by atoms with Crippen LogP contribution in [-0.2, 0) is 4.79 Å². The SMILES string of the molecule is CCC(C)C(NC(=O)c1ccccc1)C(=O)Nc1cnc2ccccc2c1. The first kappa shape index (κ1) is 18.6. The number of para-hydroxylation sites is 1. The van der Waals surface area contributed by atoms with E-state index in [2.05, 4.69) is 15.6 Å². The number of benzene rings is 2. The van der Waals surface area contributed by atoms with Crippen LogP contribution in [0, 0.1) is 5.92 Å². The predicted octanol–water partition coefficient (Wildman–Crippen LogP) is 4.02. The minimum absolute atomic E-state index is 0.00826. The third kappa shape index (κ3) is 4.50. The van der Waals surface area contributed by atoms with Crippen LogP contribution in [0.15, 0.2) is 66.9 Å². The minimum atomic E-state index is -0.630. The van der Waals surface area contributed by atoms with Gasteiger partial charge in [0.1, 0.15) is 6.04 Å². The summed E-state index contributed by atoms with van der Waals surface area (Å²) in [4.78, 5) is 29.7. The van der Waals surface area contributed by atoms with Crippen LogP contribution in [0.25, 0.3) is 10.9 Å². The number of nitrogens with zero attached hydrogens (tertiary/aromatic N) is 1. The Labute approximate surface area is 158 Å². The van der Waals surface area contributed by atoms with Crippen molar-refractivity contribution in [1.29, 1.82) is 0 Å². The van der Waals surface area contributed by atoms with Gasteiger partial charge >= 0.3 is 0 Å². The molecule has 0 aliphatic carbocycles. The maximum absolute atomic E-state index is 12.9. The molecule has 3 aromatic rings. The van der Waals surface area contributed by atoms with E-state index in [0.29, 0.717) is 11.3 Å². The Bertz CT molecular complexity index is 940. The van der Waals surface area contributed by atoms with Gasteiger partial charge in [-0.3, -0.25) is 14.6 Å². The first-order chi connectivity index (χ1) is 13.1. The van der Waals surface area contributed by atoms with Gasteiger partial charge < -0.3 is 10.6 Å². The van der Waals surface area contributed by atoms with Gasteiger partial charge in [-0.15, -0.1) is 0 Å². The van der Waals surface area contributed by atoms with Crippen molar-refractivity contribution in [2.75, 3.05) is 5.32 Å². The average molecular weight is 361 g/mol. The molecule has 27 heavy (non-hydrogen) atoms. The fourth-order valence-electron chi connectivity index (χ4n) is 2.88. The average Bonchev–Trinajstić information content (AvgIpc) is 2.71. The quantitative estimate of drug-likeness (QED) is 0.697. The summed E-state index contributed by atoms with van der Waals surface area (Å²) in [5.41, 5.74) is 2.01. The van der Waals surface area contributed by atoms with Gasteiger partial charge in [0.2, 0.25) is 5.91 Å². The molecule has 0 saturated heterocycles. The number of hydrogen-bond acceptors (Lipinski definition) is 3. The number of pyridine rings is 1. The summed E-state index contributed by atoms with van der Waals surface area (Å²) in [7, 11) is 0. The Balaban J connectivity index is 1.77. The number of fused-ring (bicyclic) bond motifs is 1. The summed E-state index contributed by atoms with van der Waals surface area (Å²) < 4.78 is 0. The molecule has 0 bridgehead atoms. The molecule has 2 amide bonds. The van der Waals surface area contributed by atoms with Crippen molar-refractivity contribution in [2.45, 2.75) is 26.3 Å². The van der Waals surface area contributed by atoms with Gasteiger partial charge in [-0.1, -0.05) is 56.7 Å². The van der Waals surface area contributed by atoms with Crippen LogP contribution in [0.4, 0.5) is 5.69 Å². The molecule has 0 aliphatic rings. The van der Waals surface area contributed by atoms with Crippen LogP contribution in [0.3, 0.4) is 0 Å². The van der Waals surface area contributed by atoms with Gasteiger partial charge in [0, 0.05) is 10.9 Å². The van der Waals surface area contributed by atoms with E-state index in [0.717, 1.165) is 17.3 Å². The molecule has 1 aromatic heterocycles. The van der Waals surface area contributed by atoms with E-state index in [1.54, 1.807) is 30.5 Å². The van der Waals surface area contributed by atoms with Crippen LogP contribution in [0.2, 0.25) is 0 Å². The molecule has 3 rings (SSSR count). The Morgan fingerprint density at radius 1 is 1.04 bits per heavy atom. The second-order valence-electron chi connectivity index (χ2n) is 6.61. The summed E-state index contributed by atoms with van der Waals surface area (Å²) in [6, 6.07) is 17.9. The van der Waals surface area contributed by atoms with E-state index in [4.69, 9.17) is 0 Å². The van der Waals surface area contributed by atoms with Crippen LogP contribution in [-0.4, -0.2) is 22.8 Å². The molecule has 2 N–H and O–H groups in total. The maximum atomic E-state index is 12.9. The number of rotatable bonds is 6. The van der Waals surface area contributed by atoms with Crippen molar-refractivity contribution in [1.82, 2.24) is 10.3 Å². The van der Waals surface area contributed by atoms with E-state index in [-0.39, 0.29) is 17.7 Å². The number of nitrogens with one attached hydrogen (secondary N) is 2. The Hall–Kier alpha value is -3.21. The van der Waals surface area contributed by atoms with E-state index < -0.39 is 6.04 Å². The third-order valence-corrected chi connectivity index (χ3v) is 4.68. The Morgan fingerprint density at radius 3 is 2.48 bits per heavy atom. The van der Waals surface area contributed by atoms with E-state index >= 15 is 0 Å². The highest BCUT2D eigenvalue weighted by atomic mass is 16.2. The summed E-state index contributed by atoms with van der Waals surface area (Å²) in [6.45, 7) is 3.95. The molecule has 2 unspecified atom stereocenters. The number of carbonyl (C=O) groups excluding carboxylic acids is 2. The predicted molar refractivity (Wildman–Crippen MR) is 108 cm³/mol.